The third-order valence-corrected chi connectivity index (χ3v) is 5.37. The van der Waals surface area contributed by atoms with Gasteiger partial charge < -0.3 is 5.73 Å². The van der Waals surface area contributed by atoms with Crippen LogP contribution in [0, 0.1) is 12.8 Å². The molecule has 106 valence electrons. The Hall–Kier alpha value is -1.07. The third-order valence-electron chi connectivity index (χ3n) is 3.51. The van der Waals surface area contributed by atoms with Crippen molar-refractivity contribution < 1.29 is 8.42 Å². The average molecular weight is 282 g/mol. The number of nitrogen functional groups attached to an aromatic ring is 1. The van der Waals surface area contributed by atoms with Crippen LogP contribution in [-0.4, -0.2) is 25.8 Å². The highest BCUT2D eigenvalue weighted by molar-refractivity contribution is 7.89. The van der Waals surface area contributed by atoms with Crippen LogP contribution in [0.25, 0.3) is 0 Å². The first-order chi connectivity index (χ1) is 8.95. The van der Waals surface area contributed by atoms with Gasteiger partial charge in [-0.25, -0.2) is 8.42 Å². The monoisotopic (exact) mass is 282 g/mol. The molecule has 0 aromatic heterocycles. The van der Waals surface area contributed by atoms with Crippen LogP contribution in [0.2, 0.25) is 0 Å². The molecule has 0 aliphatic heterocycles. The molecule has 0 heterocycles. The molecule has 4 nitrogen and oxygen atoms in total. The van der Waals surface area contributed by atoms with Gasteiger partial charge in [0.15, 0.2) is 0 Å². The van der Waals surface area contributed by atoms with Crippen LogP contribution < -0.4 is 5.73 Å². The van der Waals surface area contributed by atoms with Crippen LogP contribution in [-0.2, 0) is 10.0 Å². The minimum Gasteiger partial charge on any atom is -0.399 e. The maximum absolute atomic E-state index is 12.6. The smallest absolute Gasteiger partial charge is 0.243 e. The molecule has 0 unspecified atom stereocenters. The van der Waals surface area contributed by atoms with Gasteiger partial charge in [-0.05, 0) is 55.9 Å². The van der Waals surface area contributed by atoms with Crippen molar-refractivity contribution in [1.29, 1.82) is 0 Å². The number of nitrogens with two attached hydrogens (primary N) is 1. The summed E-state index contributed by atoms with van der Waals surface area (Å²) in [6, 6.07) is 4.94. The number of hydrogen-bond acceptors (Lipinski definition) is 3. The summed E-state index contributed by atoms with van der Waals surface area (Å²) in [5.74, 6) is 0.552. The number of aryl methyl sites for hydroxylation is 1. The predicted octanol–water partition coefficient (Wildman–Crippen LogP) is 2.39. The minimum absolute atomic E-state index is 0.355. The van der Waals surface area contributed by atoms with Gasteiger partial charge in [-0.2, -0.15) is 4.31 Å². The molecule has 5 heteroatoms. The molecule has 0 atom stereocenters. The van der Waals surface area contributed by atoms with Crippen LogP contribution in [0.4, 0.5) is 5.69 Å². The Morgan fingerprint density at radius 3 is 2.58 bits per heavy atom. The quantitative estimate of drug-likeness (QED) is 0.815. The van der Waals surface area contributed by atoms with Gasteiger partial charge in [-0.3, -0.25) is 0 Å². The molecule has 1 fully saturated rings. The van der Waals surface area contributed by atoms with E-state index in [-0.39, 0.29) is 0 Å². The second-order valence-electron chi connectivity index (χ2n) is 5.32. The Balaban J connectivity index is 2.28. The van der Waals surface area contributed by atoms with Crippen molar-refractivity contribution in [2.45, 2.75) is 38.0 Å². The molecule has 0 radical (unpaired) electrons. The van der Waals surface area contributed by atoms with Gasteiger partial charge in [0, 0.05) is 18.8 Å². The Bertz CT molecular complexity index is 551. The Labute approximate surface area is 115 Å². The molecule has 0 bridgehead atoms. The van der Waals surface area contributed by atoms with E-state index in [0.717, 1.165) is 24.8 Å². The molecule has 0 amide bonds. The van der Waals surface area contributed by atoms with E-state index in [0.29, 0.717) is 29.6 Å². The Morgan fingerprint density at radius 2 is 2.05 bits per heavy atom. The van der Waals surface area contributed by atoms with E-state index in [1.165, 1.54) is 0 Å². The third kappa shape index (κ3) is 3.28. The summed E-state index contributed by atoms with van der Waals surface area (Å²) >= 11 is 0. The molecule has 1 aromatic rings. The fourth-order valence-electron chi connectivity index (χ4n) is 2.11. The standard InChI is InChI=1S/C14H22N2O2S/c1-3-8-16(10-12-4-5-12)19(17,18)13-6-7-14(15)11(2)9-13/h6-7,9,12H,3-5,8,10,15H2,1-2H3. The zero-order valence-corrected chi connectivity index (χ0v) is 12.4. The second kappa shape index (κ2) is 5.51. The van der Waals surface area contributed by atoms with E-state index in [2.05, 4.69) is 0 Å². The number of anilines is 1. The van der Waals surface area contributed by atoms with Gasteiger partial charge in [0.05, 0.1) is 4.90 Å². The summed E-state index contributed by atoms with van der Waals surface area (Å²) in [7, 11) is -3.38. The zero-order valence-electron chi connectivity index (χ0n) is 11.6. The summed E-state index contributed by atoms with van der Waals surface area (Å²) in [4.78, 5) is 0.355. The van der Waals surface area contributed by atoms with Crippen molar-refractivity contribution in [3.05, 3.63) is 23.8 Å². The molecular weight excluding hydrogens is 260 g/mol. The molecule has 1 aliphatic carbocycles. The topological polar surface area (TPSA) is 63.4 Å². The molecule has 2 N–H and O–H groups in total. The van der Waals surface area contributed by atoms with Gasteiger partial charge in [-0.1, -0.05) is 6.92 Å². The number of sulfonamides is 1. The van der Waals surface area contributed by atoms with E-state index < -0.39 is 10.0 Å². The van der Waals surface area contributed by atoms with Crippen molar-refractivity contribution in [3.63, 3.8) is 0 Å². The summed E-state index contributed by atoms with van der Waals surface area (Å²) in [6.45, 7) is 5.07. The Morgan fingerprint density at radius 1 is 1.37 bits per heavy atom. The van der Waals surface area contributed by atoms with Crippen LogP contribution in [0.15, 0.2) is 23.1 Å². The maximum atomic E-state index is 12.6. The van der Waals surface area contributed by atoms with Gasteiger partial charge in [0.2, 0.25) is 10.0 Å². The lowest BCUT2D eigenvalue weighted by atomic mass is 10.2. The van der Waals surface area contributed by atoms with Crippen molar-refractivity contribution in [2.75, 3.05) is 18.8 Å². The fourth-order valence-corrected chi connectivity index (χ4v) is 3.80. The van der Waals surface area contributed by atoms with E-state index in [9.17, 15) is 8.42 Å². The van der Waals surface area contributed by atoms with E-state index in [1.54, 1.807) is 22.5 Å². The highest BCUT2D eigenvalue weighted by atomic mass is 32.2. The average Bonchev–Trinajstić information content (AvgIpc) is 3.16. The Kier molecular flexibility index (Phi) is 4.16. The molecule has 19 heavy (non-hydrogen) atoms. The van der Waals surface area contributed by atoms with Crippen molar-refractivity contribution in [1.82, 2.24) is 4.31 Å². The van der Waals surface area contributed by atoms with Crippen molar-refractivity contribution in [3.8, 4) is 0 Å². The van der Waals surface area contributed by atoms with Crippen molar-refractivity contribution in [2.24, 2.45) is 5.92 Å². The van der Waals surface area contributed by atoms with E-state index >= 15 is 0 Å². The maximum Gasteiger partial charge on any atom is 0.243 e. The van der Waals surface area contributed by atoms with Crippen LogP contribution in [0.3, 0.4) is 0 Å². The second-order valence-corrected chi connectivity index (χ2v) is 7.26. The largest absolute Gasteiger partial charge is 0.399 e. The molecule has 1 aliphatic rings. The summed E-state index contributed by atoms with van der Waals surface area (Å²) in [5.41, 5.74) is 7.19. The molecule has 1 aromatic carbocycles. The summed E-state index contributed by atoms with van der Waals surface area (Å²) in [5, 5.41) is 0. The molecule has 2 rings (SSSR count). The highest BCUT2D eigenvalue weighted by Crippen LogP contribution is 2.32. The zero-order chi connectivity index (χ0) is 14.0. The van der Waals surface area contributed by atoms with Crippen molar-refractivity contribution >= 4 is 15.7 Å². The number of rotatable bonds is 6. The van der Waals surface area contributed by atoms with Crippen LogP contribution in [0.5, 0.6) is 0 Å². The first-order valence-electron chi connectivity index (χ1n) is 6.81. The van der Waals surface area contributed by atoms with Gasteiger partial charge in [0.25, 0.3) is 0 Å². The molecule has 0 spiro atoms. The molecule has 1 saturated carbocycles. The predicted molar refractivity (Wildman–Crippen MR) is 77.4 cm³/mol. The highest BCUT2D eigenvalue weighted by Gasteiger charge is 2.31. The number of nitrogens with zero attached hydrogens (tertiary/aromatic N) is 1. The van der Waals surface area contributed by atoms with Gasteiger partial charge >= 0.3 is 0 Å². The summed E-state index contributed by atoms with van der Waals surface area (Å²) in [6.07, 6.45) is 3.13. The van der Waals surface area contributed by atoms with Crippen LogP contribution in [0.1, 0.15) is 31.7 Å². The lowest BCUT2D eigenvalue weighted by Gasteiger charge is -2.22. The minimum atomic E-state index is -3.38. The lowest BCUT2D eigenvalue weighted by molar-refractivity contribution is 0.395. The first kappa shape index (κ1) is 14.3. The lowest BCUT2D eigenvalue weighted by Crippen LogP contribution is -2.33. The molecular formula is C14H22N2O2S. The van der Waals surface area contributed by atoms with Crippen LogP contribution >= 0.6 is 0 Å². The van der Waals surface area contributed by atoms with Gasteiger partial charge in [-0.15, -0.1) is 0 Å². The number of benzene rings is 1. The fraction of sp³-hybridized carbons (Fsp3) is 0.571. The van der Waals surface area contributed by atoms with E-state index in [1.807, 2.05) is 13.8 Å². The normalized spacial score (nSPS) is 15.9. The first-order valence-corrected chi connectivity index (χ1v) is 8.25. The van der Waals surface area contributed by atoms with Gasteiger partial charge in [0.1, 0.15) is 0 Å². The SMILES string of the molecule is CCCN(CC1CC1)S(=O)(=O)c1ccc(N)c(C)c1. The summed E-state index contributed by atoms with van der Waals surface area (Å²) < 4.78 is 26.9. The molecule has 0 saturated heterocycles. The van der Waals surface area contributed by atoms with E-state index in [4.69, 9.17) is 5.73 Å². The number of hydrogen-bond donors (Lipinski definition) is 1.